The Hall–Kier alpha value is -1.65. The van der Waals surface area contributed by atoms with E-state index in [1.165, 1.54) is 12.4 Å². The van der Waals surface area contributed by atoms with Gasteiger partial charge in [-0.25, -0.2) is 4.98 Å². The van der Waals surface area contributed by atoms with Crippen LogP contribution in [0.4, 0.5) is 0 Å². The van der Waals surface area contributed by atoms with Crippen molar-refractivity contribution in [3.63, 3.8) is 0 Å². The number of rotatable bonds is 4. The maximum atomic E-state index is 11.5. The molecule has 0 aliphatic carbocycles. The van der Waals surface area contributed by atoms with Crippen molar-refractivity contribution < 1.29 is 9.59 Å². The molecule has 13 heavy (non-hydrogen) atoms. The van der Waals surface area contributed by atoms with E-state index in [4.69, 9.17) is 5.73 Å². The number of carbonyl (C=O) groups excluding carboxylic acids is 2. The number of H-pyrrole nitrogens is 1. The van der Waals surface area contributed by atoms with Crippen molar-refractivity contribution in [2.45, 2.75) is 13.3 Å². The predicted octanol–water partition coefficient (Wildman–Crippen LogP) is 0.104. The van der Waals surface area contributed by atoms with E-state index in [1.54, 1.807) is 6.92 Å². The highest BCUT2D eigenvalue weighted by Crippen LogP contribution is 2.08. The number of hydrogen-bond acceptors (Lipinski definition) is 3. The average molecular weight is 181 g/mol. The molecule has 1 amide bonds. The fourth-order valence-electron chi connectivity index (χ4n) is 1.08. The monoisotopic (exact) mass is 181 g/mol. The minimum absolute atomic E-state index is 0.186. The van der Waals surface area contributed by atoms with Crippen molar-refractivity contribution >= 4 is 11.7 Å². The van der Waals surface area contributed by atoms with Crippen molar-refractivity contribution in [1.82, 2.24) is 9.97 Å². The molecule has 1 unspecified atom stereocenters. The smallest absolute Gasteiger partial charge is 0.228 e. The third kappa shape index (κ3) is 1.93. The number of imidazole rings is 1. The Morgan fingerprint density at radius 2 is 2.38 bits per heavy atom. The van der Waals surface area contributed by atoms with Crippen LogP contribution in [0.3, 0.4) is 0 Å². The Labute approximate surface area is 75.3 Å². The molecule has 70 valence electrons. The van der Waals surface area contributed by atoms with Gasteiger partial charge in [0, 0.05) is 12.4 Å². The molecular weight excluding hydrogens is 170 g/mol. The first-order valence-electron chi connectivity index (χ1n) is 3.99. The molecule has 5 heteroatoms. The number of amides is 1. The minimum Gasteiger partial charge on any atom is -0.369 e. The third-order valence-electron chi connectivity index (χ3n) is 1.80. The molecule has 1 atom stereocenters. The number of carbonyl (C=O) groups is 2. The van der Waals surface area contributed by atoms with E-state index in [2.05, 4.69) is 9.97 Å². The van der Waals surface area contributed by atoms with Crippen LogP contribution in [0.15, 0.2) is 12.4 Å². The highest BCUT2D eigenvalue weighted by atomic mass is 16.2. The number of aromatic amines is 1. The molecule has 5 nitrogen and oxygen atoms in total. The summed E-state index contributed by atoms with van der Waals surface area (Å²) in [7, 11) is 0. The molecular formula is C8H11N3O2. The molecule has 0 bridgehead atoms. The maximum absolute atomic E-state index is 11.5. The van der Waals surface area contributed by atoms with Crippen LogP contribution in [-0.4, -0.2) is 21.7 Å². The van der Waals surface area contributed by atoms with Gasteiger partial charge in [0.2, 0.25) is 11.7 Å². The van der Waals surface area contributed by atoms with Gasteiger partial charge in [-0.05, 0) is 6.42 Å². The molecule has 0 spiro atoms. The van der Waals surface area contributed by atoms with Crippen LogP contribution in [0, 0.1) is 5.92 Å². The second-order valence-corrected chi connectivity index (χ2v) is 2.67. The van der Waals surface area contributed by atoms with Crippen molar-refractivity contribution in [3.05, 3.63) is 18.2 Å². The number of Topliss-reactive ketones (excluding diaryl/α,β-unsaturated/α-hetero) is 1. The third-order valence-corrected chi connectivity index (χ3v) is 1.80. The summed E-state index contributed by atoms with van der Waals surface area (Å²) in [4.78, 5) is 28.7. The summed E-state index contributed by atoms with van der Waals surface area (Å²) in [6.45, 7) is 1.73. The van der Waals surface area contributed by atoms with Crippen LogP contribution < -0.4 is 5.73 Å². The molecule has 1 aromatic rings. The maximum Gasteiger partial charge on any atom is 0.228 e. The summed E-state index contributed by atoms with van der Waals surface area (Å²) in [6, 6.07) is 0. The summed E-state index contributed by atoms with van der Waals surface area (Å²) < 4.78 is 0. The van der Waals surface area contributed by atoms with Crippen molar-refractivity contribution in [3.8, 4) is 0 Å². The highest BCUT2D eigenvalue weighted by Gasteiger charge is 2.24. The van der Waals surface area contributed by atoms with E-state index < -0.39 is 11.8 Å². The van der Waals surface area contributed by atoms with Gasteiger partial charge in [-0.3, -0.25) is 9.59 Å². The molecule has 0 radical (unpaired) electrons. The molecule has 1 aromatic heterocycles. The van der Waals surface area contributed by atoms with Gasteiger partial charge >= 0.3 is 0 Å². The fraction of sp³-hybridized carbons (Fsp3) is 0.375. The summed E-state index contributed by atoms with van der Waals surface area (Å²) in [6.07, 6.45) is 3.39. The normalized spacial score (nSPS) is 12.4. The van der Waals surface area contributed by atoms with E-state index in [1.807, 2.05) is 0 Å². The Morgan fingerprint density at radius 3 is 2.77 bits per heavy atom. The van der Waals surface area contributed by atoms with Crippen molar-refractivity contribution in [2.24, 2.45) is 11.7 Å². The predicted molar refractivity (Wildman–Crippen MR) is 45.9 cm³/mol. The van der Waals surface area contributed by atoms with Crippen LogP contribution in [0.5, 0.6) is 0 Å². The molecule has 0 aliphatic heterocycles. The molecule has 1 heterocycles. The quantitative estimate of drug-likeness (QED) is 0.510. The standard InChI is InChI=1S/C8H11N3O2/c1-2-5(7(9)13)6(12)8-10-3-4-11-8/h3-5H,2H2,1H3,(H2,9,13)(H,10,11). The van der Waals surface area contributed by atoms with E-state index >= 15 is 0 Å². The van der Waals surface area contributed by atoms with Crippen molar-refractivity contribution in [2.75, 3.05) is 0 Å². The van der Waals surface area contributed by atoms with Gasteiger partial charge in [0.25, 0.3) is 0 Å². The molecule has 0 aromatic carbocycles. The molecule has 3 N–H and O–H groups in total. The number of nitrogens with two attached hydrogens (primary N) is 1. The number of nitrogens with zero attached hydrogens (tertiary/aromatic N) is 1. The van der Waals surface area contributed by atoms with Gasteiger partial charge in [-0.2, -0.15) is 0 Å². The van der Waals surface area contributed by atoms with Gasteiger partial charge in [0.1, 0.15) is 5.92 Å². The molecule has 0 saturated heterocycles. The average Bonchev–Trinajstić information content (AvgIpc) is 2.56. The summed E-state index contributed by atoms with van der Waals surface area (Å²) in [5.41, 5.74) is 5.05. The van der Waals surface area contributed by atoms with Gasteiger partial charge < -0.3 is 10.7 Å². The first kappa shape index (κ1) is 9.44. The van der Waals surface area contributed by atoms with Gasteiger partial charge in [-0.1, -0.05) is 6.92 Å². The van der Waals surface area contributed by atoms with Crippen LogP contribution in [-0.2, 0) is 4.79 Å². The van der Waals surface area contributed by atoms with Gasteiger partial charge in [-0.15, -0.1) is 0 Å². The number of hydrogen-bond donors (Lipinski definition) is 2. The van der Waals surface area contributed by atoms with Crippen LogP contribution in [0.2, 0.25) is 0 Å². The number of primary amides is 1. The summed E-state index contributed by atoms with van der Waals surface area (Å²) >= 11 is 0. The van der Waals surface area contributed by atoms with E-state index in [-0.39, 0.29) is 11.6 Å². The number of nitrogens with one attached hydrogen (secondary N) is 1. The largest absolute Gasteiger partial charge is 0.369 e. The zero-order chi connectivity index (χ0) is 9.84. The molecule has 0 saturated carbocycles. The lowest BCUT2D eigenvalue weighted by Gasteiger charge is -2.06. The minimum atomic E-state index is -0.772. The Balaban J connectivity index is 2.83. The van der Waals surface area contributed by atoms with Crippen LogP contribution in [0.1, 0.15) is 24.0 Å². The fourth-order valence-corrected chi connectivity index (χ4v) is 1.08. The van der Waals surface area contributed by atoms with E-state index in [9.17, 15) is 9.59 Å². The summed E-state index contributed by atoms with van der Waals surface area (Å²) in [5, 5.41) is 0. The molecule has 1 rings (SSSR count). The molecule has 0 fully saturated rings. The van der Waals surface area contributed by atoms with Crippen LogP contribution in [0.25, 0.3) is 0 Å². The highest BCUT2D eigenvalue weighted by molar-refractivity contribution is 6.07. The second-order valence-electron chi connectivity index (χ2n) is 2.67. The molecule has 0 aliphatic rings. The van der Waals surface area contributed by atoms with Crippen molar-refractivity contribution in [1.29, 1.82) is 0 Å². The second kappa shape index (κ2) is 3.84. The Morgan fingerprint density at radius 1 is 1.69 bits per heavy atom. The first-order chi connectivity index (χ1) is 6.16. The van der Waals surface area contributed by atoms with Crippen LogP contribution >= 0.6 is 0 Å². The zero-order valence-corrected chi connectivity index (χ0v) is 7.28. The lowest BCUT2D eigenvalue weighted by molar-refractivity contribution is -0.120. The van der Waals surface area contributed by atoms with E-state index in [0.29, 0.717) is 6.42 Å². The number of aromatic nitrogens is 2. The zero-order valence-electron chi connectivity index (χ0n) is 7.28. The Kier molecular flexibility index (Phi) is 2.79. The lowest BCUT2D eigenvalue weighted by Crippen LogP contribution is -2.30. The van der Waals surface area contributed by atoms with Gasteiger partial charge in [0.15, 0.2) is 5.82 Å². The van der Waals surface area contributed by atoms with Gasteiger partial charge in [0.05, 0.1) is 0 Å². The van der Waals surface area contributed by atoms with E-state index in [0.717, 1.165) is 0 Å². The lowest BCUT2D eigenvalue weighted by atomic mass is 10.0. The Bertz CT molecular complexity index is 305. The number of ketones is 1. The summed E-state index contributed by atoms with van der Waals surface area (Å²) in [5.74, 6) is -1.54. The SMILES string of the molecule is CCC(C(N)=O)C(=O)c1ncc[nH]1. The topological polar surface area (TPSA) is 88.8 Å². The first-order valence-corrected chi connectivity index (χ1v) is 3.99.